The van der Waals surface area contributed by atoms with E-state index in [9.17, 15) is 4.39 Å². The van der Waals surface area contributed by atoms with Crippen LogP contribution < -0.4 is 10.1 Å². The number of hydrogen-bond donors (Lipinski definition) is 1. The van der Waals surface area contributed by atoms with E-state index in [1.165, 1.54) is 6.07 Å². The summed E-state index contributed by atoms with van der Waals surface area (Å²) < 4.78 is 19.2. The topological polar surface area (TPSA) is 21.3 Å². The molecule has 0 aromatic heterocycles. The van der Waals surface area contributed by atoms with E-state index < -0.39 is 0 Å². The molecule has 21 heavy (non-hydrogen) atoms. The van der Waals surface area contributed by atoms with E-state index in [0.717, 1.165) is 43.5 Å². The Kier molecular flexibility index (Phi) is 5.26. The molecule has 2 unspecified atom stereocenters. The van der Waals surface area contributed by atoms with E-state index in [0.29, 0.717) is 6.04 Å². The van der Waals surface area contributed by atoms with Gasteiger partial charge in [-0.2, -0.15) is 0 Å². The molecule has 2 rings (SSSR count). The fraction of sp³-hybridized carbons (Fsp3) is 0.667. The van der Waals surface area contributed by atoms with Crippen LogP contribution in [0, 0.1) is 11.2 Å². The van der Waals surface area contributed by atoms with Crippen molar-refractivity contribution in [2.75, 3.05) is 6.54 Å². The lowest BCUT2D eigenvalue weighted by Crippen LogP contribution is -2.34. The molecule has 0 bridgehead atoms. The van der Waals surface area contributed by atoms with Gasteiger partial charge in [-0.05, 0) is 56.3 Å². The van der Waals surface area contributed by atoms with Crippen LogP contribution in [-0.2, 0) is 6.42 Å². The van der Waals surface area contributed by atoms with Crippen molar-refractivity contribution < 1.29 is 9.13 Å². The highest BCUT2D eigenvalue weighted by molar-refractivity contribution is 5.37. The zero-order chi connectivity index (χ0) is 15.5. The van der Waals surface area contributed by atoms with Crippen LogP contribution in [0.5, 0.6) is 5.75 Å². The second-order valence-electron chi connectivity index (χ2n) is 7.12. The van der Waals surface area contributed by atoms with Gasteiger partial charge in [0.1, 0.15) is 17.7 Å². The molecule has 0 radical (unpaired) electrons. The van der Waals surface area contributed by atoms with Crippen molar-refractivity contribution in [3.63, 3.8) is 0 Å². The van der Waals surface area contributed by atoms with E-state index in [-0.39, 0.29) is 17.3 Å². The molecule has 0 saturated heterocycles. The summed E-state index contributed by atoms with van der Waals surface area (Å²) in [7, 11) is 0. The Morgan fingerprint density at radius 1 is 1.43 bits per heavy atom. The van der Waals surface area contributed by atoms with Crippen LogP contribution in [0.2, 0.25) is 0 Å². The number of halogens is 1. The second kappa shape index (κ2) is 6.78. The van der Waals surface area contributed by atoms with Crippen LogP contribution >= 0.6 is 0 Å². The van der Waals surface area contributed by atoms with Crippen molar-refractivity contribution in [1.82, 2.24) is 5.32 Å². The molecule has 0 aliphatic carbocycles. The highest BCUT2D eigenvalue weighted by Crippen LogP contribution is 2.36. The van der Waals surface area contributed by atoms with Crippen molar-refractivity contribution in [2.24, 2.45) is 5.41 Å². The number of ether oxygens (including phenoxy) is 1. The quantitative estimate of drug-likeness (QED) is 0.808. The summed E-state index contributed by atoms with van der Waals surface area (Å²) in [4.78, 5) is 0. The number of hydrogen-bond acceptors (Lipinski definition) is 2. The normalized spacial score (nSPS) is 19.2. The maximum atomic E-state index is 13.3. The second-order valence-corrected chi connectivity index (χ2v) is 7.12. The SMILES string of the molecule is CCCNC(C)CC(C)(C)CC1Cc2cc(F)ccc2O1. The molecular weight excluding hydrogens is 265 g/mol. The first-order valence-corrected chi connectivity index (χ1v) is 8.08. The zero-order valence-electron chi connectivity index (χ0n) is 13.7. The van der Waals surface area contributed by atoms with Gasteiger partial charge in [0.2, 0.25) is 0 Å². The molecule has 0 amide bonds. The van der Waals surface area contributed by atoms with Crippen molar-refractivity contribution in [3.05, 3.63) is 29.6 Å². The van der Waals surface area contributed by atoms with Crippen molar-refractivity contribution >= 4 is 0 Å². The van der Waals surface area contributed by atoms with E-state index >= 15 is 0 Å². The average Bonchev–Trinajstić information content (AvgIpc) is 2.75. The molecule has 1 heterocycles. The molecule has 0 fully saturated rings. The fourth-order valence-corrected chi connectivity index (χ4v) is 3.39. The monoisotopic (exact) mass is 293 g/mol. The molecular formula is C18H28FNO. The summed E-state index contributed by atoms with van der Waals surface area (Å²) in [5.74, 6) is 0.684. The van der Waals surface area contributed by atoms with Crippen LogP contribution in [-0.4, -0.2) is 18.7 Å². The van der Waals surface area contributed by atoms with Crippen molar-refractivity contribution in [3.8, 4) is 5.75 Å². The molecule has 1 aromatic carbocycles. The van der Waals surface area contributed by atoms with E-state index in [2.05, 4.69) is 33.0 Å². The third kappa shape index (κ3) is 4.70. The van der Waals surface area contributed by atoms with Gasteiger partial charge in [-0.15, -0.1) is 0 Å². The smallest absolute Gasteiger partial charge is 0.123 e. The van der Waals surface area contributed by atoms with Gasteiger partial charge >= 0.3 is 0 Å². The molecule has 1 aliphatic heterocycles. The molecule has 0 saturated carbocycles. The minimum Gasteiger partial charge on any atom is -0.490 e. The van der Waals surface area contributed by atoms with Gasteiger partial charge in [0, 0.05) is 18.0 Å². The molecule has 1 aliphatic rings. The predicted octanol–water partition coefficient (Wildman–Crippen LogP) is 4.32. The van der Waals surface area contributed by atoms with Crippen molar-refractivity contribution in [2.45, 2.75) is 65.5 Å². The first kappa shape index (κ1) is 16.3. The lowest BCUT2D eigenvalue weighted by molar-refractivity contribution is 0.142. The summed E-state index contributed by atoms with van der Waals surface area (Å²) >= 11 is 0. The average molecular weight is 293 g/mol. The van der Waals surface area contributed by atoms with Crippen LogP contribution in [0.4, 0.5) is 4.39 Å². The Morgan fingerprint density at radius 2 is 2.19 bits per heavy atom. The Bertz CT molecular complexity index is 472. The first-order chi connectivity index (χ1) is 9.89. The number of rotatable bonds is 7. The minimum atomic E-state index is -0.172. The number of fused-ring (bicyclic) bond motifs is 1. The largest absolute Gasteiger partial charge is 0.490 e. The molecule has 2 nitrogen and oxygen atoms in total. The number of nitrogens with one attached hydrogen (secondary N) is 1. The molecule has 1 N–H and O–H groups in total. The maximum absolute atomic E-state index is 13.3. The molecule has 1 aromatic rings. The van der Waals surface area contributed by atoms with Gasteiger partial charge in [-0.25, -0.2) is 4.39 Å². The Balaban J connectivity index is 1.87. The van der Waals surface area contributed by atoms with Gasteiger partial charge in [-0.1, -0.05) is 20.8 Å². The third-order valence-electron chi connectivity index (χ3n) is 4.15. The summed E-state index contributed by atoms with van der Waals surface area (Å²) in [5, 5.41) is 3.55. The summed E-state index contributed by atoms with van der Waals surface area (Å²) in [6.07, 6.45) is 4.29. The Morgan fingerprint density at radius 3 is 2.90 bits per heavy atom. The van der Waals surface area contributed by atoms with Crippen LogP contribution in [0.1, 0.15) is 52.5 Å². The summed E-state index contributed by atoms with van der Waals surface area (Å²) in [6, 6.07) is 5.35. The lowest BCUT2D eigenvalue weighted by Gasteiger charge is -2.30. The van der Waals surface area contributed by atoms with Gasteiger partial charge in [0.15, 0.2) is 0 Å². The standard InChI is InChI=1S/C18H28FNO/c1-5-8-20-13(2)11-18(3,4)12-16-10-14-9-15(19)6-7-17(14)21-16/h6-7,9,13,16,20H,5,8,10-12H2,1-4H3. The molecule has 2 atom stereocenters. The highest BCUT2D eigenvalue weighted by Gasteiger charge is 2.30. The maximum Gasteiger partial charge on any atom is 0.123 e. The Hall–Kier alpha value is -1.09. The highest BCUT2D eigenvalue weighted by atomic mass is 19.1. The van der Waals surface area contributed by atoms with Gasteiger partial charge in [-0.3, -0.25) is 0 Å². The van der Waals surface area contributed by atoms with Crippen LogP contribution in [0.25, 0.3) is 0 Å². The third-order valence-corrected chi connectivity index (χ3v) is 4.15. The number of benzene rings is 1. The van der Waals surface area contributed by atoms with Crippen LogP contribution in [0.15, 0.2) is 18.2 Å². The lowest BCUT2D eigenvalue weighted by atomic mass is 9.80. The summed E-state index contributed by atoms with van der Waals surface area (Å²) in [5.41, 5.74) is 1.22. The molecule has 118 valence electrons. The summed E-state index contributed by atoms with van der Waals surface area (Å²) in [6.45, 7) is 10.1. The van der Waals surface area contributed by atoms with Crippen LogP contribution in [0.3, 0.4) is 0 Å². The van der Waals surface area contributed by atoms with Gasteiger partial charge in [0.25, 0.3) is 0 Å². The van der Waals surface area contributed by atoms with Crippen molar-refractivity contribution in [1.29, 1.82) is 0 Å². The van der Waals surface area contributed by atoms with Gasteiger partial charge in [0.05, 0.1) is 0 Å². The molecule has 3 heteroatoms. The molecule has 0 spiro atoms. The van der Waals surface area contributed by atoms with E-state index in [4.69, 9.17) is 4.74 Å². The predicted molar refractivity (Wildman–Crippen MR) is 85.3 cm³/mol. The van der Waals surface area contributed by atoms with Gasteiger partial charge < -0.3 is 10.1 Å². The zero-order valence-corrected chi connectivity index (χ0v) is 13.7. The van der Waals surface area contributed by atoms with E-state index in [1.807, 2.05) is 0 Å². The minimum absolute atomic E-state index is 0.172. The Labute approximate surface area is 128 Å². The first-order valence-electron chi connectivity index (χ1n) is 8.08. The van der Waals surface area contributed by atoms with E-state index in [1.54, 1.807) is 12.1 Å². The fourth-order valence-electron chi connectivity index (χ4n) is 3.39.